The summed E-state index contributed by atoms with van der Waals surface area (Å²) in [4.78, 5) is 46.2. The van der Waals surface area contributed by atoms with Crippen LogP contribution in [0.1, 0.15) is 30.4 Å². The molecule has 17 heteroatoms. The molecule has 2 aliphatic rings. The van der Waals surface area contributed by atoms with Gasteiger partial charge < -0.3 is 54.4 Å². The van der Waals surface area contributed by atoms with E-state index >= 15 is 4.39 Å². The average molecular weight is 901 g/mol. The standard InChI is InChI=1S/C47H58ClFN8O7/c1-33-27-35(29-37(49)28-33)39-31-51-46(57-17-15-55(16-18-57)42(58)11-19-60-21-23-62-25-26-63-24-22-61-20-12-50)43(45-53-40-8-7-36(48)30-41(40)54-45)44(39)56-13-9-38(10-14-56)52-47(59)64-32-34-5-3-2-4-6-34/h2-8,27-31,38H,9-26,32,50H2,1H3,(H,52,59)(H,53,54). The van der Waals surface area contributed by atoms with Crippen molar-refractivity contribution in [2.75, 3.05) is 108 Å². The molecule has 0 atom stereocenters. The predicted octanol–water partition coefficient (Wildman–Crippen LogP) is 6.35. The topological polar surface area (TPSA) is 170 Å². The maximum atomic E-state index is 15.1. The van der Waals surface area contributed by atoms with E-state index < -0.39 is 6.09 Å². The molecule has 7 rings (SSSR count). The number of ether oxygens (including phenoxy) is 5. The number of hydrogen-bond acceptors (Lipinski definition) is 12. The monoisotopic (exact) mass is 900 g/mol. The number of rotatable bonds is 21. The van der Waals surface area contributed by atoms with Crippen molar-refractivity contribution in [3.63, 3.8) is 0 Å². The lowest BCUT2D eigenvalue weighted by Crippen LogP contribution is -2.49. The highest BCUT2D eigenvalue weighted by atomic mass is 35.5. The first-order valence-corrected chi connectivity index (χ1v) is 22.4. The first-order valence-electron chi connectivity index (χ1n) is 22.0. The van der Waals surface area contributed by atoms with Gasteiger partial charge in [0, 0.05) is 68.6 Å². The summed E-state index contributed by atoms with van der Waals surface area (Å²) in [7, 11) is 0. The molecule has 0 saturated carbocycles. The van der Waals surface area contributed by atoms with Crippen molar-refractivity contribution in [1.29, 1.82) is 0 Å². The molecule has 2 fully saturated rings. The summed E-state index contributed by atoms with van der Waals surface area (Å²) in [6.07, 6.45) is 2.92. The number of pyridine rings is 1. The molecule has 2 saturated heterocycles. The number of benzene rings is 3. The van der Waals surface area contributed by atoms with Gasteiger partial charge in [-0.15, -0.1) is 0 Å². The Hall–Kier alpha value is -5.36. The van der Waals surface area contributed by atoms with Crippen LogP contribution in [0.4, 0.5) is 20.7 Å². The minimum Gasteiger partial charge on any atom is -0.445 e. The van der Waals surface area contributed by atoms with E-state index in [-0.39, 0.29) is 30.8 Å². The van der Waals surface area contributed by atoms with Gasteiger partial charge in [0.05, 0.1) is 81.6 Å². The molecule has 2 aromatic heterocycles. The number of anilines is 2. The summed E-state index contributed by atoms with van der Waals surface area (Å²) in [5.41, 5.74) is 11.7. The van der Waals surface area contributed by atoms with Gasteiger partial charge in [0.15, 0.2) is 0 Å². The Bertz CT molecular complexity index is 2270. The van der Waals surface area contributed by atoms with Gasteiger partial charge in [0.2, 0.25) is 5.91 Å². The summed E-state index contributed by atoms with van der Waals surface area (Å²) < 4.78 is 42.7. The molecule has 4 N–H and O–H groups in total. The molecule has 342 valence electrons. The normalized spacial score (nSPS) is 14.7. The van der Waals surface area contributed by atoms with E-state index in [1.54, 1.807) is 6.07 Å². The Morgan fingerprint density at radius 2 is 1.53 bits per heavy atom. The third kappa shape index (κ3) is 12.9. The van der Waals surface area contributed by atoms with Gasteiger partial charge in [-0.25, -0.2) is 19.2 Å². The van der Waals surface area contributed by atoms with Crippen molar-refractivity contribution in [1.82, 2.24) is 25.2 Å². The number of hydrogen-bond donors (Lipinski definition) is 3. The lowest BCUT2D eigenvalue weighted by atomic mass is 9.96. The van der Waals surface area contributed by atoms with Crippen molar-refractivity contribution >= 4 is 46.1 Å². The molecule has 3 aromatic carbocycles. The zero-order valence-electron chi connectivity index (χ0n) is 36.4. The van der Waals surface area contributed by atoms with E-state index in [2.05, 4.69) is 20.1 Å². The summed E-state index contributed by atoms with van der Waals surface area (Å²) in [6.45, 7) is 9.28. The molecule has 2 amide bonds. The smallest absolute Gasteiger partial charge is 0.407 e. The van der Waals surface area contributed by atoms with E-state index in [1.165, 1.54) is 12.1 Å². The van der Waals surface area contributed by atoms with Crippen molar-refractivity contribution < 1.29 is 37.7 Å². The number of H-pyrrole nitrogens is 1. The second-order valence-corrected chi connectivity index (χ2v) is 16.2. The third-order valence-electron chi connectivity index (χ3n) is 11.2. The number of aromatic amines is 1. The number of nitrogens with one attached hydrogen (secondary N) is 2. The number of nitrogens with two attached hydrogens (primary N) is 1. The number of alkyl carbamates (subject to hydrolysis) is 1. The second kappa shape index (κ2) is 23.5. The molecular weight excluding hydrogens is 843 g/mol. The van der Waals surface area contributed by atoms with Gasteiger partial charge in [-0.2, -0.15) is 0 Å². The van der Waals surface area contributed by atoms with Crippen LogP contribution in [0.2, 0.25) is 5.02 Å². The van der Waals surface area contributed by atoms with Crippen LogP contribution < -0.4 is 20.9 Å². The third-order valence-corrected chi connectivity index (χ3v) is 11.4. The fraction of sp³-hybridized carbons (Fsp3) is 0.447. The number of piperidine rings is 1. The first kappa shape index (κ1) is 46.6. The fourth-order valence-electron chi connectivity index (χ4n) is 7.99. The van der Waals surface area contributed by atoms with Crippen molar-refractivity contribution in [3.05, 3.63) is 94.9 Å². The number of fused-ring (bicyclic) bond motifs is 1. The molecule has 4 heterocycles. The average Bonchev–Trinajstić information content (AvgIpc) is 3.72. The van der Waals surface area contributed by atoms with Crippen LogP contribution in [0.5, 0.6) is 0 Å². The molecule has 0 spiro atoms. The zero-order chi connectivity index (χ0) is 44.7. The van der Waals surface area contributed by atoms with Crippen molar-refractivity contribution in [3.8, 4) is 22.5 Å². The lowest BCUT2D eigenvalue weighted by Gasteiger charge is -2.39. The summed E-state index contributed by atoms with van der Waals surface area (Å²) in [6, 6.07) is 20.0. The molecule has 15 nitrogen and oxygen atoms in total. The van der Waals surface area contributed by atoms with Crippen LogP contribution in [-0.4, -0.2) is 137 Å². The SMILES string of the molecule is Cc1cc(F)cc(-c2cnc(N3CCN(C(=O)CCOCCOCCOCCOCCN)CC3)c(-c3nc4ccc(Cl)cc4[nH]3)c2N2CCC(NC(=O)OCc3ccccc3)CC2)c1. The highest BCUT2D eigenvalue weighted by molar-refractivity contribution is 6.31. The quantitative estimate of drug-likeness (QED) is 0.0699. The van der Waals surface area contributed by atoms with Gasteiger partial charge in [-0.05, 0) is 66.8 Å². The maximum absolute atomic E-state index is 15.1. The maximum Gasteiger partial charge on any atom is 0.407 e. The highest BCUT2D eigenvalue weighted by Gasteiger charge is 2.32. The second-order valence-electron chi connectivity index (χ2n) is 15.8. The number of carbonyl (C=O) groups is 2. The van der Waals surface area contributed by atoms with Crippen molar-refractivity contribution in [2.24, 2.45) is 5.73 Å². The molecule has 0 bridgehead atoms. The van der Waals surface area contributed by atoms with Gasteiger partial charge in [-0.3, -0.25) is 4.79 Å². The lowest BCUT2D eigenvalue weighted by molar-refractivity contribution is -0.132. The molecular formula is C47H58ClFN8O7. The van der Waals surface area contributed by atoms with E-state index in [0.717, 1.165) is 39.0 Å². The van der Waals surface area contributed by atoms with E-state index in [9.17, 15) is 9.59 Å². The Morgan fingerprint density at radius 3 is 2.22 bits per heavy atom. The first-order chi connectivity index (χ1) is 31.2. The van der Waals surface area contributed by atoms with Crippen LogP contribution in [0, 0.1) is 12.7 Å². The Balaban J connectivity index is 1.05. The van der Waals surface area contributed by atoms with Crippen LogP contribution >= 0.6 is 11.6 Å². The molecule has 2 aliphatic heterocycles. The Kier molecular flexibility index (Phi) is 17.1. The number of nitrogens with zero attached hydrogens (tertiary/aromatic N) is 5. The van der Waals surface area contributed by atoms with E-state index in [4.69, 9.17) is 51.0 Å². The van der Waals surface area contributed by atoms with Gasteiger partial charge in [-0.1, -0.05) is 48.0 Å². The van der Waals surface area contributed by atoms with Gasteiger partial charge in [0.25, 0.3) is 0 Å². The van der Waals surface area contributed by atoms with Crippen molar-refractivity contribution in [2.45, 2.75) is 38.8 Å². The number of aromatic nitrogens is 3. The molecule has 0 radical (unpaired) electrons. The number of aryl methyl sites for hydroxylation is 1. The van der Waals surface area contributed by atoms with Crippen LogP contribution in [0.3, 0.4) is 0 Å². The largest absolute Gasteiger partial charge is 0.445 e. The number of halogens is 2. The van der Waals surface area contributed by atoms with Crippen LogP contribution in [0.15, 0.2) is 72.9 Å². The fourth-order valence-corrected chi connectivity index (χ4v) is 8.16. The molecule has 0 unspecified atom stereocenters. The minimum atomic E-state index is -0.458. The summed E-state index contributed by atoms with van der Waals surface area (Å²) in [5.74, 6) is 0.965. The predicted molar refractivity (Wildman–Crippen MR) is 245 cm³/mol. The number of piperazine rings is 1. The van der Waals surface area contributed by atoms with Gasteiger partial charge >= 0.3 is 6.09 Å². The van der Waals surface area contributed by atoms with Crippen LogP contribution in [-0.2, 0) is 35.1 Å². The van der Waals surface area contributed by atoms with E-state index in [0.29, 0.717) is 134 Å². The molecule has 0 aliphatic carbocycles. The summed E-state index contributed by atoms with van der Waals surface area (Å²) in [5, 5.41) is 3.63. The zero-order valence-corrected chi connectivity index (χ0v) is 37.1. The number of carbonyl (C=O) groups excluding carboxylic acids is 2. The Morgan fingerprint density at radius 1 is 0.844 bits per heavy atom. The molecule has 64 heavy (non-hydrogen) atoms. The molecule has 5 aromatic rings. The number of amides is 2. The van der Waals surface area contributed by atoms with Crippen LogP contribution in [0.25, 0.3) is 33.5 Å². The number of imidazole rings is 1. The minimum absolute atomic E-state index is 0.0195. The van der Waals surface area contributed by atoms with E-state index in [1.807, 2.05) is 66.6 Å². The Labute approximate surface area is 378 Å². The van der Waals surface area contributed by atoms with Gasteiger partial charge in [0.1, 0.15) is 24.1 Å². The highest BCUT2D eigenvalue weighted by Crippen LogP contribution is 2.45. The summed E-state index contributed by atoms with van der Waals surface area (Å²) >= 11 is 6.44.